The number of amides is 1. The van der Waals surface area contributed by atoms with Gasteiger partial charge in [-0.1, -0.05) is 35.3 Å². The van der Waals surface area contributed by atoms with Crippen LogP contribution in [-0.4, -0.2) is 32.1 Å². The van der Waals surface area contributed by atoms with Crippen LogP contribution in [0, 0.1) is 0 Å². The topological polar surface area (TPSA) is 108 Å². The molecule has 9 heteroatoms. The van der Waals surface area contributed by atoms with Gasteiger partial charge in [-0.2, -0.15) is 0 Å². The second kappa shape index (κ2) is 10.7. The predicted octanol–water partition coefficient (Wildman–Crippen LogP) is 3.07. The van der Waals surface area contributed by atoms with Gasteiger partial charge in [0.25, 0.3) is 0 Å². The van der Waals surface area contributed by atoms with Gasteiger partial charge in [-0.15, -0.1) is 0 Å². The number of carbonyl (C=O) groups excluding carboxylic acids is 3. The highest BCUT2D eigenvalue weighted by molar-refractivity contribution is 6.42. The molecule has 7 nitrogen and oxygen atoms in total. The summed E-state index contributed by atoms with van der Waals surface area (Å²) in [6.45, 7) is 5.41. The lowest BCUT2D eigenvalue weighted by atomic mass is 9.80. The molecule has 1 aromatic rings. The van der Waals surface area contributed by atoms with Crippen molar-refractivity contribution >= 4 is 41.6 Å². The fourth-order valence-electron chi connectivity index (χ4n) is 2.91. The molecule has 0 bridgehead atoms. The Kier molecular flexibility index (Phi) is 9.02. The number of hydrogen-bond acceptors (Lipinski definition) is 6. The van der Waals surface area contributed by atoms with E-state index in [4.69, 9.17) is 37.5 Å². The average molecular weight is 429 g/mol. The lowest BCUT2D eigenvalue weighted by molar-refractivity contribution is -0.139. The van der Waals surface area contributed by atoms with Crippen molar-refractivity contribution < 1.29 is 23.9 Å². The van der Waals surface area contributed by atoms with Crippen LogP contribution in [0.3, 0.4) is 0 Å². The fourth-order valence-corrected chi connectivity index (χ4v) is 3.33. The van der Waals surface area contributed by atoms with Crippen LogP contribution in [0.4, 0.5) is 0 Å². The van der Waals surface area contributed by atoms with Gasteiger partial charge >= 0.3 is 11.9 Å². The molecule has 1 aliphatic rings. The summed E-state index contributed by atoms with van der Waals surface area (Å²) in [6.07, 6.45) is 0.250. The first-order valence-corrected chi connectivity index (χ1v) is 9.03. The van der Waals surface area contributed by atoms with Crippen molar-refractivity contribution in [3.05, 3.63) is 56.3 Å². The number of dihydropyridines is 1. The summed E-state index contributed by atoms with van der Waals surface area (Å²) in [7, 11) is 1.29. The van der Waals surface area contributed by atoms with E-state index >= 15 is 0 Å². The number of hydrogen-bond donors (Lipinski definition) is 2. The summed E-state index contributed by atoms with van der Waals surface area (Å²) in [5.74, 6) is -1.82. The molecule has 1 amide bonds. The number of allylic oxidation sites excluding steroid dienone is 2. The van der Waals surface area contributed by atoms with Gasteiger partial charge < -0.3 is 20.5 Å². The molecule has 152 valence electrons. The minimum atomic E-state index is -0.737. The first kappa shape index (κ1) is 23.5. The molecule has 0 radical (unpaired) electrons. The molecule has 0 aromatic heterocycles. The van der Waals surface area contributed by atoms with Crippen molar-refractivity contribution in [2.24, 2.45) is 5.73 Å². The normalized spacial score (nSPS) is 15.9. The summed E-state index contributed by atoms with van der Waals surface area (Å²) in [6, 6.07) is 5.09. The highest BCUT2D eigenvalue weighted by Crippen LogP contribution is 2.43. The first-order valence-electron chi connectivity index (χ1n) is 8.28. The van der Waals surface area contributed by atoms with Crippen LogP contribution in [0.5, 0.6) is 0 Å². The molecule has 0 saturated heterocycles. The van der Waals surface area contributed by atoms with Crippen molar-refractivity contribution in [3.8, 4) is 0 Å². The van der Waals surface area contributed by atoms with Crippen molar-refractivity contribution in [3.63, 3.8) is 0 Å². The fraction of sp³-hybridized carbons (Fsp3) is 0.316. The van der Waals surface area contributed by atoms with E-state index in [1.54, 1.807) is 39.0 Å². The van der Waals surface area contributed by atoms with E-state index in [2.05, 4.69) is 11.1 Å². The third-order valence-corrected chi connectivity index (χ3v) is 4.79. The van der Waals surface area contributed by atoms with Crippen LogP contribution < -0.4 is 11.1 Å². The Hall–Kier alpha value is -2.51. The van der Waals surface area contributed by atoms with Crippen molar-refractivity contribution in [1.29, 1.82) is 0 Å². The van der Waals surface area contributed by atoms with E-state index in [1.165, 1.54) is 7.11 Å². The molecule has 0 saturated carbocycles. The second-order valence-electron chi connectivity index (χ2n) is 5.63. The molecule has 0 aliphatic carbocycles. The quantitative estimate of drug-likeness (QED) is 0.563. The van der Waals surface area contributed by atoms with Gasteiger partial charge in [-0.3, -0.25) is 4.79 Å². The van der Waals surface area contributed by atoms with Gasteiger partial charge in [0.2, 0.25) is 6.41 Å². The van der Waals surface area contributed by atoms with Gasteiger partial charge in [0.05, 0.1) is 40.8 Å². The van der Waals surface area contributed by atoms with Gasteiger partial charge in [-0.25, -0.2) is 9.59 Å². The number of primary amides is 1. The maximum absolute atomic E-state index is 12.6. The Morgan fingerprint density at radius 3 is 2.21 bits per heavy atom. The Morgan fingerprint density at radius 1 is 1.18 bits per heavy atom. The van der Waals surface area contributed by atoms with E-state index in [0.717, 1.165) is 0 Å². The highest BCUT2D eigenvalue weighted by atomic mass is 35.5. The lowest BCUT2D eigenvalue weighted by Gasteiger charge is -2.30. The van der Waals surface area contributed by atoms with Crippen LogP contribution in [0.1, 0.15) is 32.3 Å². The summed E-state index contributed by atoms with van der Waals surface area (Å²) in [5.41, 5.74) is 6.47. The van der Waals surface area contributed by atoms with Crippen LogP contribution in [-0.2, 0) is 23.9 Å². The molecule has 1 aromatic carbocycles. The van der Waals surface area contributed by atoms with Crippen LogP contribution in [0.25, 0.3) is 0 Å². The number of ether oxygens (including phenoxy) is 2. The Morgan fingerprint density at radius 2 is 1.71 bits per heavy atom. The van der Waals surface area contributed by atoms with Crippen molar-refractivity contribution in [2.45, 2.75) is 26.7 Å². The van der Waals surface area contributed by atoms with Gasteiger partial charge in [0.1, 0.15) is 0 Å². The number of nitrogens with two attached hydrogens (primary N) is 1. The third kappa shape index (κ3) is 5.05. The number of esters is 2. The Bertz CT molecular complexity index is 834. The van der Waals surface area contributed by atoms with Gasteiger partial charge in [0.15, 0.2) is 0 Å². The smallest absolute Gasteiger partial charge is 0.336 e. The maximum Gasteiger partial charge on any atom is 0.336 e. The SMILES string of the molecule is CCOC(=O)C1=C(C)NC(C)=C(C(=O)OC)[C@H]1c1cccc(Cl)c1Cl.NC=O. The molecular formula is C19H22Cl2N2O5. The zero-order valence-electron chi connectivity index (χ0n) is 16.0. The molecule has 2 rings (SSSR count). The maximum atomic E-state index is 12.6. The number of carbonyl (C=O) groups is 3. The first-order chi connectivity index (χ1) is 13.2. The van der Waals surface area contributed by atoms with Crippen LogP contribution >= 0.6 is 23.2 Å². The Balaban J connectivity index is 0.00000122. The van der Waals surface area contributed by atoms with E-state index in [1.807, 2.05) is 0 Å². The van der Waals surface area contributed by atoms with E-state index < -0.39 is 17.9 Å². The number of rotatable bonds is 4. The lowest BCUT2D eigenvalue weighted by Crippen LogP contribution is -2.32. The summed E-state index contributed by atoms with van der Waals surface area (Å²) < 4.78 is 10.1. The number of benzene rings is 1. The third-order valence-electron chi connectivity index (χ3n) is 3.95. The summed E-state index contributed by atoms with van der Waals surface area (Å²) in [4.78, 5) is 33.6. The molecule has 0 fully saturated rings. The number of halogens is 2. The number of nitrogens with one attached hydrogen (secondary N) is 1. The Labute approximate surface area is 173 Å². The number of methoxy groups -OCH3 is 1. The van der Waals surface area contributed by atoms with Crippen LogP contribution in [0.15, 0.2) is 40.7 Å². The molecule has 1 atom stereocenters. The predicted molar refractivity (Wildman–Crippen MR) is 107 cm³/mol. The van der Waals surface area contributed by atoms with Crippen molar-refractivity contribution in [1.82, 2.24) is 5.32 Å². The van der Waals surface area contributed by atoms with E-state index in [-0.39, 0.29) is 18.0 Å². The molecule has 1 heterocycles. The summed E-state index contributed by atoms with van der Waals surface area (Å²) in [5, 5.41) is 3.66. The molecule has 0 spiro atoms. The summed E-state index contributed by atoms with van der Waals surface area (Å²) >= 11 is 12.5. The zero-order chi connectivity index (χ0) is 21.4. The van der Waals surface area contributed by atoms with Crippen molar-refractivity contribution in [2.75, 3.05) is 13.7 Å². The monoisotopic (exact) mass is 428 g/mol. The van der Waals surface area contributed by atoms with Crippen LogP contribution in [0.2, 0.25) is 10.0 Å². The highest BCUT2D eigenvalue weighted by Gasteiger charge is 2.38. The standard InChI is InChI=1S/C18H19Cl2NO4.CH3NO/c1-5-25-18(23)14-10(3)21-9(2)13(17(22)24-4)15(14)11-7-6-8-12(19)16(11)20;2-1-3/h6-8,15,21H,5H2,1-4H3;1H,(H2,2,3)/t15-;/m1./s1. The molecule has 1 aliphatic heterocycles. The average Bonchev–Trinajstić information content (AvgIpc) is 2.63. The molecule has 0 unspecified atom stereocenters. The van der Waals surface area contributed by atoms with Gasteiger partial charge in [-0.05, 0) is 32.4 Å². The minimum absolute atomic E-state index is 0.210. The molecule has 3 N–H and O–H groups in total. The van der Waals surface area contributed by atoms with Gasteiger partial charge in [0, 0.05) is 11.4 Å². The molecule has 28 heavy (non-hydrogen) atoms. The zero-order valence-corrected chi connectivity index (χ0v) is 17.5. The van der Waals surface area contributed by atoms with E-state index in [9.17, 15) is 9.59 Å². The second-order valence-corrected chi connectivity index (χ2v) is 6.41. The minimum Gasteiger partial charge on any atom is -0.466 e. The molecular weight excluding hydrogens is 407 g/mol. The largest absolute Gasteiger partial charge is 0.466 e. The van der Waals surface area contributed by atoms with E-state index in [0.29, 0.717) is 33.1 Å².